The number of para-hydroxylation sites is 1. The lowest BCUT2D eigenvalue weighted by molar-refractivity contribution is -0.141. The summed E-state index contributed by atoms with van der Waals surface area (Å²) >= 11 is 0. The van der Waals surface area contributed by atoms with Gasteiger partial charge >= 0.3 is 12.1 Å². The van der Waals surface area contributed by atoms with E-state index in [4.69, 9.17) is 15.3 Å². The number of aromatic nitrogens is 2. The van der Waals surface area contributed by atoms with Crippen molar-refractivity contribution in [1.29, 1.82) is 0 Å². The standard InChI is InChI=1S/C27H21F3N4O4/c28-27(29,30)24-14-21(15-5-10-19-18-3-1-2-4-22(18)38-23(19)13-15)34(33-24)17-8-6-16(7-9-17)32-26(37)20(31)11-12-25(35)36/h1-10,13-14,20H,11-12,31H2,(H,32,37)(H,35,36). The number of carboxylic acids is 1. The molecule has 4 N–H and O–H groups in total. The molecule has 3 aromatic carbocycles. The Bertz CT molecular complexity index is 1660. The molecule has 8 nitrogen and oxygen atoms in total. The number of carbonyl (C=O) groups is 2. The van der Waals surface area contributed by atoms with Gasteiger partial charge in [0, 0.05) is 28.4 Å². The summed E-state index contributed by atoms with van der Waals surface area (Å²) in [7, 11) is 0. The second kappa shape index (κ2) is 9.67. The summed E-state index contributed by atoms with van der Waals surface area (Å²) in [6.45, 7) is 0. The monoisotopic (exact) mass is 522 g/mol. The number of amides is 1. The van der Waals surface area contributed by atoms with Crippen molar-refractivity contribution >= 4 is 39.5 Å². The number of rotatable bonds is 7. The molecule has 0 spiro atoms. The van der Waals surface area contributed by atoms with Crippen molar-refractivity contribution in [3.63, 3.8) is 0 Å². The molecule has 0 aliphatic carbocycles. The molecular weight excluding hydrogens is 501 g/mol. The third kappa shape index (κ3) is 4.96. The van der Waals surface area contributed by atoms with E-state index in [2.05, 4.69) is 10.4 Å². The third-order valence-electron chi connectivity index (χ3n) is 6.06. The van der Waals surface area contributed by atoms with E-state index in [0.717, 1.165) is 16.8 Å². The maximum atomic E-state index is 13.6. The number of carbonyl (C=O) groups excluding carboxylic acids is 1. The summed E-state index contributed by atoms with van der Waals surface area (Å²) in [6, 6.07) is 18.6. The number of halogens is 3. The smallest absolute Gasteiger partial charge is 0.435 e. The Morgan fingerprint density at radius 2 is 1.71 bits per heavy atom. The number of nitrogens with two attached hydrogens (primary N) is 1. The molecule has 11 heteroatoms. The maximum Gasteiger partial charge on any atom is 0.435 e. The molecule has 0 radical (unpaired) electrons. The number of benzene rings is 3. The minimum atomic E-state index is -4.66. The Kier molecular flexibility index (Phi) is 6.37. The third-order valence-corrected chi connectivity index (χ3v) is 6.06. The van der Waals surface area contributed by atoms with Gasteiger partial charge in [-0.1, -0.05) is 24.3 Å². The first-order valence-electron chi connectivity index (χ1n) is 11.6. The Morgan fingerprint density at radius 1 is 1.00 bits per heavy atom. The van der Waals surface area contributed by atoms with Crippen LogP contribution >= 0.6 is 0 Å². The number of nitrogens with one attached hydrogen (secondary N) is 1. The highest BCUT2D eigenvalue weighted by molar-refractivity contribution is 6.05. The van der Waals surface area contributed by atoms with Gasteiger partial charge in [0.1, 0.15) is 11.2 Å². The fourth-order valence-corrected chi connectivity index (χ4v) is 4.14. The van der Waals surface area contributed by atoms with E-state index in [0.29, 0.717) is 28.1 Å². The molecule has 1 amide bonds. The SMILES string of the molecule is NC(CCC(=O)O)C(=O)Nc1ccc(-n2nc(C(F)(F)F)cc2-c2ccc3c(c2)oc2ccccc23)cc1. The molecule has 2 aromatic heterocycles. The van der Waals surface area contributed by atoms with Gasteiger partial charge in [-0.3, -0.25) is 9.59 Å². The highest BCUT2D eigenvalue weighted by atomic mass is 19.4. The fourth-order valence-electron chi connectivity index (χ4n) is 4.14. The topological polar surface area (TPSA) is 123 Å². The Morgan fingerprint density at radius 3 is 2.42 bits per heavy atom. The molecule has 0 aliphatic rings. The van der Waals surface area contributed by atoms with Gasteiger partial charge in [0.15, 0.2) is 5.69 Å². The zero-order chi connectivity index (χ0) is 27.0. The number of carboxylic acid groups (broad SMARTS) is 1. The van der Waals surface area contributed by atoms with Crippen molar-refractivity contribution in [3.8, 4) is 16.9 Å². The van der Waals surface area contributed by atoms with E-state index >= 15 is 0 Å². The van der Waals surface area contributed by atoms with Crippen molar-refractivity contribution < 1.29 is 32.3 Å². The lowest BCUT2D eigenvalue weighted by atomic mass is 10.1. The summed E-state index contributed by atoms with van der Waals surface area (Å²) in [6.07, 6.45) is -4.95. The van der Waals surface area contributed by atoms with Crippen LogP contribution < -0.4 is 11.1 Å². The minimum absolute atomic E-state index is 0.0360. The number of aliphatic carboxylic acids is 1. The quantitative estimate of drug-likeness (QED) is 0.256. The van der Waals surface area contributed by atoms with Crippen LogP contribution in [0.25, 0.3) is 38.9 Å². The number of fused-ring (bicyclic) bond motifs is 3. The first-order chi connectivity index (χ1) is 18.1. The van der Waals surface area contributed by atoms with E-state index < -0.39 is 29.8 Å². The van der Waals surface area contributed by atoms with Crippen molar-refractivity contribution in [2.75, 3.05) is 5.32 Å². The van der Waals surface area contributed by atoms with Crippen molar-refractivity contribution in [2.24, 2.45) is 5.73 Å². The molecule has 0 saturated heterocycles. The van der Waals surface area contributed by atoms with E-state index in [1.807, 2.05) is 24.3 Å². The van der Waals surface area contributed by atoms with Gasteiger partial charge in [0.05, 0.1) is 17.4 Å². The van der Waals surface area contributed by atoms with E-state index in [1.165, 1.54) is 28.9 Å². The van der Waals surface area contributed by atoms with Crippen molar-refractivity contribution in [2.45, 2.75) is 25.1 Å². The van der Waals surface area contributed by atoms with Crippen molar-refractivity contribution in [1.82, 2.24) is 9.78 Å². The number of alkyl halides is 3. The van der Waals surface area contributed by atoms with Crippen molar-refractivity contribution in [3.05, 3.63) is 78.5 Å². The molecule has 2 heterocycles. The predicted molar refractivity (Wildman–Crippen MR) is 135 cm³/mol. The molecule has 0 saturated carbocycles. The van der Waals surface area contributed by atoms with Crippen LogP contribution in [0.15, 0.2) is 77.2 Å². The van der Waals surface area contributed by atoms with E-state index in [-0.39, 0.29) is 18.5 Å². The van der Waals surface area contributed by atoms with E-state index in [1.54, 1.807) is 18.2 Å². The lowest BCUT2D eigenvalue weighted by Gasteiger charge is -2.12. The van der Waals surface area contributed by atoms with Gasteiger partial charge in [-0.15, -0.1) is 0 Å². The van der Waals surface area contributed by atoms with Gasteiger partial charge in [-0.05, 0) is 55.0 Å². The zero-order valence-electron chi connectivity index (χ0n) is 19.7. The zero-order valence-corrected chi connectivity index (χ0v) is 19.7. The van der Waals surface area contributed by atoms with Crippen LogP contribution in [0.1, 0.15) is 18.5 Å². The van der Waals surface area contributed by atoms with Crippen LogP contribution in [0, 0.1) is 0 Å². The second-order valence-corrected chi connectivity index (χ2v) is 8.71. The lowest BCUT2D eigenvalue weighted by Crippen LogP contribution is -2.36. The molecule has 1 unspecified atom stereocenters. The van der Waals surface area contributed by atoms with Crippen LogP contribution in [0.2, 0.25) is 0 Å². The highest BCUT2D eigenvalue weighted by Gasteiger charge is 2.35. The second-order valence-electron chi connectivity index (χ2n) is 8.71. The molecule has 194 valence electrons. The van der Waals surface area contributed by atoms with Crippen LogP contribution in [-0.2, 0) is 15.8 Å². The normalized spacial score (nSPS) is 12.6. The molecule has 5 rings (SSSR count). The molecule has 0 fully saturated rings. The average molecular weight is 522 g/mol. The molecular formula is C27H21F3N4O4. The van der Waals surface area contributed by atoms with Gasteiger partial charge in [-0.25, -0.2) is 4.68 Å². The largest absolute Gasteiger partial charge is 0.481 e. The van der Waals surface area contributed by atoms with Gasteiger partial charge in [-0.2, -0.15) is 18.3 Å². The molecule has 1 atom stereocenters. The first-order valence-corrected chi connectivity index (χ1v) is 11.6. The van der Waals surface area contributed by atoms with Gasteiger partial charge < -0.3 is 20.6 Å². The van der Waals surface area contributed by atoms with Crippen LogP contribution in [0.3, 0.4) is 0 Å². The Labute approximate surface area is 213 Å². The molecule has 5 aromatic rings. The summed E-state index contributed by atoms with van der Waals surface area (Å²) in [5.41, 5.74) is 7.21. The number of hydrogen-bond acceptors (Lipinski definition) is 5. The summed E-state index contributed by atoms with van der Waals surface area (Å²) in [4.78, 5) is 22.9. The highest BCUT2D eigenvalue weighted by Crippen LogP contribution is 2.36. The number of nitrogens with zero attached hydrogens (tertiary/aromatic N) is 2. The predicted octanol–water partition coefficient (Wildman–Crippen LogP) is 5.59. The Hall–Kier alpha value is -4.64. The number of furan rings is 1. The summed E-state index contributed by atoms with van der Waals surface area (Å²) in [5, 5.41) is 16.9. The summed E-state index contributed by atoms with van der Waals surface area (Å²) < 4.78 is 47.9. The number of anilines is 1. The van der Waals surface area contributed by atoms with Gasteiger partial charge in [0.2, 0.25) is 5.91 Å². The van der Waals surface area contributed by atoms with Crippen LogP contribution in [-0.4, -0.2) is 32.8 Å². The fraction of sp³-hybridized carbons (Fsp3) is 0.148. The molecule has 38 heavy (non-hydrogen) atoms. The van der Waals surface area contributed by atoms with Gasteiger partial charge in [0.25, 0.3) is 0 Å². The van der Waals surface area contributed by atoms with Crippen LogP contribution in [0.5, 0.6) is 0 Å². The average Bonchev–Trinajstić information content (AvgIpc) is 3.49. The molecule has 0 bridgehead atoms. The summed E-state index contributed by atoms with van der Waals surface area (Å²) in [5.74, 6) is -1.64. The van der Waals surface area contributed by atoms with Crippen LogP contribution in [0.4, 0.5) is 18.9 Å². The molecule has 0 aliphatic heterocycles. The minimum Gasteiger partial charge on any atom is -0.481 e. The first kappa shape index (κ1) is 25.0. The Balaban J connectivity index is 1.48. The number of hydrogen-bond donors (Lipinski definition) is 3. The maximum absolute atomic E-state index is 13.6. The van der Waals surface area contributed by atoms with E-state index in [9.17, 15) is 22.8 Å².